The number of ether oxygens (including phenoxy) is 1. The van der Waals surface area contributed by atoms with Gasteiger partial charge in [0, 0.05) is 23.5 Å². The van der Waals surface area contributed by atoms with Crippen LogP contribution in [0.15, 0.2) is 42.6 Å². The zero-order valence-electron chi connectivity index (χ0n) is 21.1. The predicted octanol–water partition coefficient (Wildman–Crippen LogP) is 2.91. The highest BCUT2D eigenvalue weighted by molar-refractivity contribution is 6.03. The number of benzene rings is 1. The molecule has 0 radical (unpaired) electrons. The highest BCUT2D eigenvalue weighted by Crippen LogP contribution is 2.48. The lowest BCUT2D eigenvalue weighted by molar-refractivity contribution is -0.121. The number of nitriles is 1. The molecule has 1 aromatic heterocycles. The normalized spacial score (nSPS) is 26.8. The Morgan fingerprint density at radius 2 is 1.95 bits per heavy atom. The number of hydrogen-bond acceptors (Lipinski definition) is 7. The van der Waals surface area contributed by atoms with Crippen molar-refractivity contribution in [1.29, 1.82) is 5.26 Å². The molecule has 0 spiro atoms. The van der Waals surface area contributed by atoms with Crippen LogP contribution in [-0.2, 0) is 4.79 Å². The summed E-state index contributed by atoms with van der Waals surface area (Å²) in [5.74, 6) is -0.600. The lowest BCUT2D eigenvalue weighted by Crippen LogP contribution is -2.65. The molecule has 1 aromatic carbocycles. The minimum absolute atomic E-state index is 0.00445. The van der Waals surface area contributed by atoms with Gasteiger partial charge in [-0.15, -0.1) is 0 Å². The van der Waals surface area contributed by atoms with Crippen molar-refractivity contribution in [3.63, 3.8) is 0 Å². The molecule has 4 heterocycles. The quantitative estimate of drug-likeness (QED) is 0.638. The molecule has 2 amide bonds. The maximum atomic E-state index is 13.5. The molecule has 5 rings (SSSR count). The van der Waals surface area contributed by atoms with E-state index in [1.165, 1.54) is 4.90 Å². The molecule has 10 nitrogen and oxygen atoms in total. The van der Waals surface area contributed by atoms with Crippen LogP contribution in [0, 0.1) is 11.3 Å². The van der Waals surface area contributed by atoms with Crippen molar-refractivity contribution in [3.8, 4) is 11.9 Å². The molecule has 194 valence electrons. The van der Waals surface area contributed by atoms with Gasteiger partial charge in [-0.05, 0) is 57.6 Å². The Kier molecular flexibility index (Phi) is 7.00. The SMILES string of the molecule is CCOc1ncccc1C1C(C2C(=O)Nc3ccccc32)N(C(=O)O)CC(C#N)N1C1CCN(C)CC1. The van der Waals surface area contributed by atoms with E-state index in [-0.39, 0.29) is 18.5 Å². The summed E-state index contributed by atoms with van der Waals surface area (Å²) in [7, 11) is 2.08. The third-order valence-electron chi connectivity index (χ3n) is 7.82. The topological polar surface area (TPSA) is 122 Å². The number of aromatic nitrogens is 1. The van der Waals surface area contributed by atoms with Gasteiger partial charge in [-0.25, -0.2) is 9.78 Å². The minimum Gasteiger partial charge on any atom is -0.478 e. The molecule has 0 bridgehead atoms. The van der Waals surface area contributed by atoms with Crippen molar-refractivity contribution >= 4 is 17.7 Å². The fraction of sp³-hybridized carbons (Fsp3) is 0.481. The van der Waals surface area contributed by atoms with Crippen molar-refractivity contribution in [2.24, 2.45) is 0 Å². The summed E-state index contributed by atoms with van der Waals surface area (Å²) in [5, 5.41) is 23.6. The van der Waals surface area contributed by atoms with Gasteiger partial charge in [-0.1, -0.05) is 24.3 Å². The summed E-state index contributed by atoms with van der Waals surface area (Å²) in [5.41, 5.74) is 2.14. The Morgan fingerprint density at radius 3 is 2.65 bits per heavy atom. The predicted molar refractivity (Wildman–Crippen MR) is 136 cm³/mol. The number of carbonyl (C=O) groups is 2. The Bertz CT molecular complexity index is 1210. The van der Waals surface area contributed by atoms with Gasteiger partial charge in [0.25, 0.3) is 0 Å². The van der Waals surface area contributed by atoms with E-state index in [4.69, 9.17) is 4.74 Å². The number of hydrogen-bond donors (Lipinski definition) is 2. The molecular formula is C27H32N6O4. The number of para-hydroxylation sites is 1. The average molecular weight is 505 g/mol. The number of carboxylic acid groups (broad SMARTS) is 1. The number of rotatable bonds is 5. The van der Waals surface area contributed by atoms with E-state index in [0.717, 1.165) is 31.5 Å². The number of fused-ring (bicyclic) bond motifs is 1. The molecule has 10 heteroatoms. The first kappa shape index (κ1) is 25.0. The Labute approximate surface area is 216 Å². The van der Waals surface area contributed by atoms with Gasteiger partial charge in [-0.3, -0.25) is 14.6 Å². The number of carbonyl (C=O) groups excluding carboxylic acids is 1. The van der Waals surface area contributed by atoms with Gasteiger partial charge >= 0.3 is 6.09 Å². The Balaban J connectivity index is 1.71. The number of nitrogens with one attached hydrogen (secondary N) is 1. The zero-order valence-corrected chi connectivity index (χ0v) is 21.1. The number of amides is 2. The van der Waals surface area contributed by atoms with Crippen LogP contribution < -0.4 is 10.1 Å². The molecule has 37 heavy (non-hydrogen) atoms. The van der Waals surface area contributed by atoms with E-state index in [9.17, 15) is 20.0 Å². The Hall–Kier alpha value is -3.68. The summed E-state index contributed by atoms with van der Waals surface area (Å²) < 4.78 is 5.92. The summed E-state index contributed by atoms with van der Waals surface area (Å²) in [4.78, 5) is 36.4. The first-order valence-corrected chi connectivity index (χ1v) is 12.8. The molecule has 3 aliphatic rings. The van der Waals surface area contributed by atoms with Gasteiger partial charge in [0.05, 0.1) is 37.2 Å². The van der Waals surface area contributed by atoms with Gasteiger partial charge < -0.3 is 20.1 Å². The molecule has 0 saturated carbocycles. The third kappa shape index (κ3) is 4.49. The second kappa shape index (κ2) is 10.4. The molecule has 2 aromatic rings. The molecular weight excluding hydrogens is 472 g/mol. The molecule has 0 aliphatic carbocycles. The van der Waals surface area contributed by atoms with Crippen molar-refractivity contribution in [1.82, 2.24) is 19.7 Å². The third-order valence-corrected chi connectivity index (χ3v) is 7.82. The molecule has 3 aliphatic heterocycles. The van der Waals surface area contributed by atoms with Crippen molar-refractivity contribution in [3.05, 3.63) is 53.7 Å². The number of nitrogens with zero attached hydrogens (tertiary/aromatic N) is 5. The van der Waals surface area contributed by atoms with Gasteiger partial charge in [-0.2, -0.15) is 5.26 Å². The number of likely N-dealkylation sites (tertiary alicyclic amines) is 1. The summed E-state index contributed by atoms with van der Waals surface area (Å²) in [6.07, 6.45) is 2.16. The first-order valence-electron chi connectivity index (χ1n) is 12.8. The summed E-state index contributed by atoms with van der Waals surface area (Å²) >= 11 is 0. The van der Waals surface area contributed by atoms with Gasteiger partial charge in [0.2, 0.25) is 11.8 Å². The van der Waals surface area contributed by atoms with E-state index < -0.39 is 30.1 Å². The Morgan fingerprint density at radius 1 is 1.22 bits per heavy atom. The van der Waals surface area contributed by atoms with Crippen molar-refractivity contribution in [2.45, 2.75) is 49.9 Å². The standard InChI is InChI=1S/C27H32N6O4/c1-3-37-26-20(8-6-12-29-26)23-24(22-19-7-4-5-9-21(19)30-25(22)34)32(27(35)36)16-18(15-28)33(23)17-10-13-31(2)14-11-17/h4-9,12,17-18,22-24H,3,10-11,13-14,16H2,1-2H3,(H,30,34)(H,35,36). The van der Waals surface area contributed by atoms with Crippen molar-refractivity contribution in [2.75, 3.05) is 38.6 Å². The van der Waals surface area contributed by atoms with Crippen LogP contribution in [0.4, 0.5) is 10.5 Å². The van der Waals surface area contributed by atoms with E-state index in [1.807, 2.05) is 37.3 Å². The number of piperazine rings is 1. The first-order chi connectivity index (χ1) is 17.9. The van der Waals surface area contributed by atoms with E-state index in [0.29, 0.717) is 23.7 Å². The molecule has 2 N–H and O–H groups in total. The zero-order chi connectivity index (χ0) is 26.1. The minimum atomic E-state index is -1.16. The smallest absolute Gasteiger partial charge is 0.407 e. The van der Waals surface area contributed by atoms with Crippen LogP contribution in [0.5, 0.6) is 5.88 Å². The van der Waals surface area contributed by atoms with Crippen LogP contribution in [0.1, 0.15) is 42.9 Å². The maximum absolute atomic E-state index is 13.5. The van der Waals surface area contributed by atoms with Crippen LogP contribution in [0.3, 0.4) is 0 Å². The maximum Gasteiger partial charge on any atom is 0.407 e. The van der Waals surface area contributed by atoms with Crippen LogP contribution in [0.25, 0.3) is 0 Å². The number of anilines is 1. The number of pyridine rings is 1. The van der Waals surface area contributed by atoms with E-state index in [1.54, 1.807) is 12.3 Å². The molecule has 4 atom stereocenters. The van der Waals surface area contributed by atoms with Crippen LogP contribution in [0.2, 0.25) is 0 Å². The fourth-order valence-electron chi connectivity index (χ4n) is 6.20. The average Bonchev–Trinajstić information content (AvgIpc) is 3.24. The van der Waals surface area contributed by atoms with Crippen molar-refractivity contribution < 1.29 is 19.4 Å². The second-order valence-corrected chi connectivity index (χ2v) is 9.88. The highest BCUT2D eigenvalue weighted by Gasteiger charge is 2.54. The summed E-state index contributed by atoms with van der Waals surface area (Å²) in [6, 6.07) is 11.4. The molecule has 2 fully saturated rings. The largest absolute Gasteiger partial charge is 0.478 e. The lowest BCUT2D eigenvalue weighted by atomic mass is 9.79. The highest BCUT2D eigenvalue weighted by atomic mass is 16.5. The fourth-order valence-corrected chi connectivity index (χ4v) is 6.20. The van der Waals surface area contributed by atoms with E-state index >= 15 is 0 Å². The number of piperidine rings is 1. The van der Waals surface area contributed by atoms with Crippen LogP contribution in [-0.4, -0.2) is 88.2 Å². The van der Waals surface area contributed by atoms with Crippen LogP contribution >= 0.6 is 0 Å². The molecule has 2 saturated heterocycles. The monoisotopic (exact) mass is 504 g/mol. The van der Waals surface area contributed by atoms with Gasteiger partial charge in [0.1, 0.15) is 6.04 Å². The van der Waals surface area contributed by atoms with E-state index in [2.05, 4.69) is 33.2 Å². The second-order valence-electron chi connectivity index (χ2n) is 9.88. The molecule has 4 unspecified atom stereocenters. The lowest BCUT2D eigenvalue weighted by Gasteiger charge is -2.54. The van der Waals surface area contributed by atoms with Gasteiger partial charge in [0.15, 0.2) is 0 Å². The summed E-state index contributed by atoms with van der Waals surface area (Å²) in [6.45, 7) is 3.99.